The maximum Gasteiger partial charge on any atom is 0.228 e. The van der Waals surface area contributed by atoms with E-state index in [-0.39, 0.29) is 5.75 Å². The quantitative estimate of drug-likeness (QED) is 0.804. The van der Waals surface area contributed by atoms with Gasteiger partial charge in [-0.15, -0.1) is 0 Å². The molecule has 1 N–H and O–H groups in total. The smallest absolute Gasteiger partial charge is 0.228 e. The Morgan fingerprint density at radius 1 is 0.826 bits per heavy atom. The molecule has 3 rings (SSSR count). The first-order valence-corrected chi connectivity index (χ1v) is 7.33. The maximum atomic E-state index is 10.1. The van der Waals surface area contributed by atoms with Crippen LogP contribution in [-0.4, -0.2) is 34.2 Å². The fourth-order valence-electron chi connectivity index (χ4n) is 2.18. The van der Waals surface area contributed by atoms with Crippen molar-refractivity contribution in [2.75, 3.05) is 19.0 Å². The Morgan fingerprint density at radius 3 is 2.13 bits per heavy atom. The van der Waals surface area contributed by atoms with Gasteiger partial charge in [0, 0.05) is 19.7 Å². The summed E-state index contributed by atoms with van der Waals surface area (Å²) in [5, 5.41) is 10.1. The van der Waals surface area contributed by atoms with Crippen LogP contribution in [0.3, 0.4) is 0 Å². The summed E-state index contributed by atoms with van der Waals surface area (Å²) in [5.41, 5.74) is 2.68. The fraction of sp³-hybridized carbons (Fsp3) is 0.167. The summed E-state index contributed by atoms with van der Waals surface area (Å²) in [6, 6.07) is 15.1. The normalized spacial score (nSPS) is 10.6. The van der Waals surface area contributed by atoms with E-state index in [2.05, 4.69) is 15.0 Å². The van der Waals surface area contributed by atoms with Crippen LogP contribution in [0.4, 0.5) is 5.95 Å². The van der Waals surface area contributed by atoms with Gasteiger partial charge < -0.3 is 10.0 Å². The standard InChI is InChI=1S/C18H18N4O/c1-12-8-10-13(11-9-12)16-19-17(21-18(20-16)22(2)3)14-6-4-5-7-15(14)23/h4-11,23H,1-3H3. The number of rotatable bonds is 3. The Labute approximate surface area is 135 Å². The van der Waals surface area contributed by atoms with Crippen molar-refractivity contribution in [2.24, 2.45) is 0 Å². The molecule has 0 aliphatic rings. The third-order valence-electron chi connectivity index (χ3n) is 3.48. The summed E-state index contributed by atoms with van der Waals surface area (Å²) in [6.07, 6.45) is 0. The monoisotopic (exact) mass is 306 g/mol. The van der Waals surface area contributed by atoms with E-state index in [1.165, 1.54) is 5.56 Å². The zero-order valence-electron chi connectivity index (χ0n) is 13.4. The topological polar surface area (TPSA) is 62.1 Å². The second-order valence-electron chi connectivity index (χ2n) is 5.56. The van der Waals surface area contributed by atoms with Crippen LogP contribution in [0.15, 0.2) is 48.5 Å². The molecule has 0 radical (unpaired) electrons. The van der Waals surface area contributed by atoms with Gasteiger partial charge in [0.15, 0.2) is 11.6 Å². The van der Waals surface area contributed by atoms with Gasteiger partial charge >= 0.3 is 0 Å². The third kappa shape index (κ3) is 3.13. The summed E-state index contributed by atoms with van der Waals surface area (Å²) >= 11 is 0. The van der Waals surface area contributed by atoms with Crippen molar-refractivity contribution >= 4 is 5.95 Å². The van der Waals surface area contributed by atoms with Crippen LogP contribution in [0.1, 0.15) is 5.56 Å². The van der Waals surface area contributed by atoms with Crippen LogP contribution in [0.5, 0.6) is 5.75 Å². The molecule has 116 valence electrons. The molecule has 5 heteroatoms. The van der Waals surface area contributed by atoms with Crippen molar-refractivity contribution < 1.29 is 5.11 Å². The van der Waals surface area contributed by atoms with Crippen molar-refractivity contribution in [3.63, 3.8) is 0 Å². The van der Waals surface area contributed by atoms with E-state index in [4.69, 9.17) is 0 Å². The largest absolute Gasteiger partial charge is 0.507 e. The minimum absolute atomic E-state index is 0.151. The van der Waals surface area contributed by atoms with E-state index >= 15 is 0 Å². The van der Waals surface area contributed by atoms with Crippen LogP contribution in [-0.2, 0) is 0 Å². The van der Waals surface area contributed by atoms with Gasteiger partial charge in [-0.3, -0.25) is 0 Å². The molecule has 0 aliphatic carbocycles. The molecule has 0 spiro atoms. The van der Waals surface area contributed by atoms with Crippen molar-refractivity contribution in [3.05, 3.63) is 54.1 Å². The van der Waals surface area contributed by atoms with Gasteiger partial charge in [-0.1, -0.05) is 42.0 Å². The highest BCUT2D eigenvalue weighted by molar-refractivity contribution is 5.67. The van der Waals surface area contributed by atoms with Crippen LogP contribution in [0.25, 0.3) is 22.8 Å². The highest BCUT2D eigenvalue weighted by Crippen LogP contribution is 2.28. The van der Waals surface area contributed by atoms with Crippen LogP contribution in [0.2, 0.25) is 0 Å². The Bertz CT molecular complexity index is 829. The molecular formula is C18H18N4O. The molecule has 0 bridgehead atoms. The zero-order chi connectivity index (χ0) is 16.4. The summed E-state index contributed by atoms with van der Waals surface area (Å²) < 4.78 is 0. The summed E-state index contributed by atoms with van der Waals surface area (Å²) in [6.45, 7) is 2.04. The van der Waals surface area contributed by atoms with Gasteiger partial charge in [0.2, 0.25) is 5.95 Å². The number of phenols is 1. The minimum Gasteiger partial charge on any atom is -0.507 e. The predicted molar refractivity (Wildman–Crippen MR) is 91.4 cm³/mol. The number of phenolic OH excluding ortho intramolecular Hbond substituents is 1. The Kier molecular flexibility index (Phi) is 3.93. The molecule has 0 fully saturated rings. The first-order valence-electron chi connectivity index (χ1n) is 7.33. The molecule has 0 saturated heterocycles. The van der Waals surface area contributed by atoms with E-state index in [0.29, 0.717) is 23.2 Å². The van der Waals surface area contributed by atoms with Gasteiger partial charge in [0.1, 0.15) is 5.75 Å². The maximum absolute atomic E-state index is 10.1. The van der Waals surface area contributed by atoms with Gasteiger partial charge in [-0.05, 0) is 19.1 Å². The Balaban J connectivity index is 2.18. The number of anilines is 1. The van der Waals surface area contributed by atoms with Crippen LogP contribution >= 0.6 is 0 Å². The molecule has 0 saturated carbocycles. The fourth-order valence-corrected chi connectivity index (χ4v) is 2.18. The molecule has 1 heterocycles. The lowest BCUT2D eigenvalue weighted by atomic mass is 10.1. The highest BCUT2D eigenvalue weighted by Gasteiger charge is 2.13. The SMILES string of the molecule is Cc1ccc(-c2nc(-c3ccccc3O)nc(N(C)C)n2)cc1. The second kappa shape index (κ2) is 6.04. The third-order valence-corrected chi connectivity index (χ3v) is 3.48. The van der Waals surface area contributed by atoms with Crippen molar-refractivity contribution in [2.45, 2.75) is 6.92 Å². The first-order chi connectivity index (χ1) is 11.0. The molecule has 0 unspecified atom stereocenters. The first kappa shape index (κ1) is 15.0. The lowest BCUT2D eigenvalue weighted by molar-refractivity contribution is 0.477. The average molecular weight is 306 g/mol. The van der Waals surface area contributed by atoms with E-state index in [9.17, 15) is 5.11 Å². The zero-order valence-corrected chi connectivity index (χ0v) is 13.4. The Hall–Kier alpha value is -2.95. The number of aryl methyl sites for hydroxylation is 1. The predicted octanol–water partition coefficient (Wildman–Crippen LogP) is 3.29. The van der Waals surface area contributed by atoms with E-state index in [0.717, 1.165) is 5.56 Å². The highest BCUT2D eigenvalue weighted by atomic mass is 16.3. The molecular weight excluding hydrogens is 288 g/mol. The molecule has 23 heavy (non-hydrogen) atoms. The Morgan fingerprint density at radius 2 is 1.48 bits per heavy atom. The number of benzene rings is 2. The van der Waals surface area contributed by atoms with Crippen molar-refractivity contribution in [1.82, 2.24) is 15.0 Å². The molecule has 0 aliphatic heterocycles. The van der Waals surface area contributed by atoms with E-state index in [1.807, 2.05) is 56.3 Å². The molecule has 3 aromatic rings. The summed E-state index contributed by atoms with van der Waals surface area (Å²) in [4.78, 5) is 15.3. The molecule has 5 nitrogen and oxygen atoms in total. The molecule has 1 aromatic heterocycles. The van der Waals surface area contributed by atoms with E-state index in [1.54, 1.807) is 18.2 Å². The second-order valence-corrected chi connectivity index (χ2v) is 5.56. The molecule has 0 amide bonds. The molecule has 2 aromatic carbocycles. The van der Waals surface area contributed by atoms with Crippen molar-refractivity contribution in [3.8, 4) is 28.5 Å². The number of aromatic nitrogens is 3. The minimum atomic E-state index is 0.151. The summed E-state index contributed by atoms with van der Waals surface area (Å²) in [5.74, 6) is 1.74. The van der Waals surface area contributed by atoms with Gasteiger partial charge in [0.25, 0.3) is 0 Å². The van der Waals surface area contributed by atoms with Crippen molar-refractivity contribution in [1.29, 1.82) is 0 Å². The number of para-hydroxylation sites is 1. The number of aromatic hydroxyl groups is 1. The lowest BCUT2D eigenvalue weighted by Gasteiger charge is -2.13. The van der Waals surface area contributed by atoms with Crippen LogP contribution < -0.4 is 4.90 Å². The van der Waals surface area contributed by atoms with E-state index < -0.39 is 0 Å². The van der Waals surface area contributed by atoms with Gasteiger partial charge in [-0.2, -0.15) is 9.97 Å². The lowest BCUT2D eigenvalue weighted by Crippen LogP contribution is -2.14. The van der Waals surface area contributed by atoms with Gasteiger partial charge in [-0.25, -0.2) is 4.98 Å². The summed E-state index contributed by atoms with van der Waals surface area (Å²) in [7, 11) is 3.76. The average Bonchev–Trinajstić information content (AvgIpc) is 2.55. The van der Waals surface area contributed by atoms with Crippen LogP contribution in [0, 0.1) is 6.92 Å². The number of hydrogen-bond acceptors (Lipinski definition) is 5. The van der Waals surface area contributed by atoms with Gasteiger partial charge in [0.05, 0.1) is 5.56 Å². The number of hydrogen-bond donors (Lipinski definition) is 1. The molecule has 0 atom stereocenters. The number of nitrogens with zero attached hydrogens (tertiary/aromatic N) is 4.